The van der Waals surface area contributed by atoms with E-state index in [9.17, 15) is 5.11 Å². The fourth-order valence-electron chi connectivity index (χ4n) is 2.63. The summed E-state index contributed by atoms with van der Waals surface area (Å²) >= 11 is 1.08. The zero-order valence-corrected chi connectivity index (χ0v) is 12.9. The highest BCUT2D eigenvalue weighted by molar-refractivity contribution is 8.15. The molecule has 0 spiro atoms. The molecule has 19 heavy (non-hydrogen) atoms. The number of hydrogen-bond acceptors (Lipinski definition) is 5. The maximum absolute atomic E-state index is 10.4. The predicted octanol–water partition coefficient (Wildman–Crippen LogP) is 1.68. The minimum atomic E-state index is -1.10. The summed E-state index contributed by atoms with van der Waals surface area (Å²) in [4.78, 5) is 0. The molecular weight excluding hydrogens is 263 g/mol. The average molecular weight is 290 g/mol. The second kappa shape index (κ2) is 7.13. The molecule has 0 radical (unpaired) electrons. The lowest BCUT2D eigenvalue weighted by molar-refractivity contribution is -0.358. The Bertz CT molecular complexity index is 319. The smallest absolute Gasteiger partial charge is 0.210 e. The van der Waals surface area contributed by atoms with Crippen LogP contribution in [0, 0.1) is 5.41 Å². The molecule has 1 N–H and O–H groups in total. The molecule has 3 atom stereocenters. The van der Waals surface area contributed by atoms with Gasteiger partial charge in [0.1, 0.15) is 6.10 Å². The van der Waals surface area contributed by atoms with Crippen LogP contribution in [0.2, 0.25) is 0 Å². The lowest BCUT2D eigenvalue weighted by Crippen LogP contribution is -2.62. The Hall–Kier alpha value is -0.00506. The monoisotopic (exact) mass is 290 g/mol. The summed E-state index contributed by atoms with van der Waals surface area (Å²) in [6.45, 7) is 7.96. The van der Waals surface area contributed by atoms with Gasteiger partial charge in [0.05, 0.1) is 12.7 Å². The molecule has 1 heterocycles. The molecule has 1 aliphatic heterocycles. The quantitative estimate of drug-likeness (QED) is 0.319. The lowest BCUT2D eigenvalue weighted by Gasteiger charge is -2.51. The van der Waals surface area contributed by atoms with Gasteiger partial charge in [-0.15, -0.1) is 6.58 Å². The Balaban J connectivity index is 2.87. The van der Waals surface area contributed by atoms with Crippen LogP contribution >= 0.6 is 11.9 Å². The second-order valence-corrected chi connectivity index (χ2v) is 5.96. The maximum Gasteiger partial charge on any atom is 0.210 e. The molecule has 110 valence electrons. The molecule has 2 unspecified atom stereocenters. The number of methoxy groups -OCH3 is 1. The summed E-state index contributed by atoms with van der Waals surface area (Å²) in [5.74, 6) is -1.10. The molecule has 0 bridgehead atoms. The normalized spacial score (nSPS) is 32.7. The molecule has 0 saturated carbocycles. The Morgan fingerprint density at radius 1 is 1.68 bits per heavy atom. The first-order chi connectivity index (χ1) is 9.43. The van der Waals surface area contributed by atoms with E-state index in [2.05, 4.69) is 6.58 Å². The van der Waals surface area contributed by atoms with Gasteiger partial charge in [0, 0.05) is 12.5 Å². The minimum Gasteiger partial charge on any atom is -0.387 e. The SMILES string of the molecule is [3H]BSOCC(C)(C)C1(OC)O[C@H](CC=C)CCC1O. The van der Waals surface area contributed by atoms with Crippen molar-refractivity contribution in [2.45, 2.75) is 51.1 Å². The number of aliphatic hydroxyl groups is 1. The Morgan fingerprint density at radius 2 is 2.42 bits per heavy atom. The summed E-state index contributed by atoms with van der Waals surface area (Å²) in [5.41, 5.74) is -0.539. The van der Waals surface area contributed by atoms with Crippen molar-refractivity contribution in [3.63, 3.8) is 0 Å². The van der Waals surface area contributed by atoms with E-state index in [1.54, 1.807) is 7.11 Å². The summed E-state index contributed by atoms with van der Waals surface area (Å²) in [7, 11) is 1.69. The predicted molar refractivity (Wildman–Crippen MR) is 80.5 cm³/mol. The highest BCUT2D eigenvalue weighted by Crippen LogP contribution is 2.44. The first-order valence-corrected chi connectivity index (χ1v) is 7.40. The highest BCUT2D eigenvalue weighted by atomic mass is 32.2. The highest BCUT2D eigenvalue weighted by Gasteiger charge is 2.55. The van der Waals surface area contributed by atoms with Crippen LogP contribution in [0.3, 0.4) is 0 Å². The van der Waals surface area contributed by atoms with Crippen LogP contribution in [-0.2, 0) is 13.7 Å². The van der Waals surface area contributed by atoms with Gasteiger partial charge >= 0.3 is 0 Å². The molecule has 0 aromatic rings. The molecule has 1 fully saturated rings. The average Bonchev–Trinajstić information content (AvgIpc) is 2.41. The minimum absolute atomic E-state index is 0.000969. The van der Waals surface area contributed by atoms with Gasteiger partial charge in [-0.05, 0) is 20.6 Å². The van der Waals surface area contributed by atoms with E-state index >= 15 is 0 Å². The molecule has 1 saturated heterocycles. The number of aliphatic hydroxyl groups excluding tert-OH is 1. The van der Waals surface area contributed by atoms with Crippen molar-refractivity contribution < 1.29 is 18.8 Å². The van der Waals surface area contributed by atoms with E-state index in [1.165, 1.54) is 0 Å². The Kier molecular flexibility index (Phi) is 5.78. The summed E-state index contributed by atoms with van der Waals surface area (Å²) in [6, 6.07) is 0. The Morgan fingerprint density at radius 3 is 3.00 bits per heavy atom. The summed E-state index contributed by atoms with van der Waals surface area (Å²) in [5, 5.41) is 10.4. The molecule has 4 nitrogen and oxygen atoms in total. The van der Waals surface area contributed by atoms with Crippen molar-refractivity contribution in [1.29, 1.82) is 1.34 Å². The van der Waals surface area contributed by atoms with Gasteiger partial charge in [0.25, 0.3) is 0 Å². The largest absolute Gasteiger partial charge is 0.387 e. The third-order valence-electron chi connectivity index (χ3n) is 3.72. The van der Waals surface area contributed by atoms with E-state index in [0.717, 1.165) is 24.7 Å². The van der Waals surface area contributed by atoms with Crippen molar-refractivity contribution >= 4 is 19.0 Å². The van der Waals surface area contributed by atoms with Gasteiger partial charge in [-0.2, -0.15) is 0 Å². The summed E-state index contributed by atoms with van der Waals surface area (Å²) < 4.78 is 24.2. The number of ether oxygens (including phenoxy) is 2. The van der Waals surface area contributed by atoms with Crippen molar-refractivity contribution in [2.75, 3.05) is 13.7 Å². The van der Waals surface area contributed by atoms with E-state index in [1.807, 2.05) is 19.9 Å². The van der Waals surface area contributed by atoms with Crippen LogP contribution in [0.5, 0.6) is 0 Å². The van der Waals surface area contributed by atoms with E-state index in [-0.39, 0.29) is 13.2 Å². The second-order valence-electron chi connectivity index (χ2n) is 5.49. The lowest BCUT2D eigenvalue weighted by atomic mass is 9.77. The number of rotatable bonds is 8. The molecule has 1 aliphatic rings. The van der Waals surface area contributed by atoms with Crippen LogP contribution in [0.25, 0.3) is 0 Å². The number of hydrogen-bond donors (Lipinski definition) is 1. The van der Waals surface area contributed by atoms with E-state index in [0.29, 0.717) is 13.0 Å². The van der Waals surface area contributed by atoms with Crippen LogP contribution in [0.15, 0.2) is 12.7 Å². The molecule has 6 heteroatoms. The molecule has 0 aliphatic carbocycles. The molecule has 0 amide bonds. The molecule has 1 rings (SSSR count). The van der Waals surface area contributed by atoms with Gasteiger partial charge in [0.15, 0.2) is 0 Å². The third kappa shape index (κ3) is 3.55. The third-order valence-corrected chi connectivity index (χ3v) is 4.01. The van der Waals surface area contributed by atoms with Gasteiger partial charge in [-0.1, -0.05) is 31.8 Å². The maximum atomic E-state index is 10.4. The van der Waals surface area contributed by atoms with Crippen LogP contribution in [0.1, 0.15) is 33.1 Å². The molecular formula is C13H25BO4S. The van der Waals surface area contributed by atoms with Gasteiger partial charge in [-0.25, -0.2) is 0 Å². The fraction of sp³-hybridized carbons (Fsp3) is 0.846. The van der Waals surface area contributed by atoms with E-state index in [4.69, 9.17) is 15.0 Å². The van der Waals surface area contributed by atoms with Gasteiger partial charge in [0.2, 0.25) is 12.9 Å². The Labute approximate surface area is 122 Å². The van der Waals surface area contributed by atoms with Crippen LogP contribution in [0.4, 0.5) is 0 Å². The fourth-order valence-corrected chi connectivity index (χ4v) is 3.01. The van der Waals surface area contributed by atoms with Crippen molar-refractivity contribution in [1.82, 2.24) is 0 Å². The van der Waals surface area contributed by atoms with Crippen molar-refractivity contribution in [3.05, 3.63) is 12.7 Å². The van der Waals surface area contributed by atoms with E-state index < -0.39 is 17.3 Å². The van der Waals surface area contributed by atoms with Crippen LogP contribution in [-0.4, -0.2) is 45.2 Å². The zero-order valence-electron chi connectivity index (χ0n) is 13.1. The van der Waals surface area contributed by atoms with Crippen LogP contribution < -0.4 is 0 Å². The standard InChI is InChI=1S/C13H25BO4S/c1-5-6-10-7-8-11(15)13(16-4,18-10)12(2,3)9-17-19-14/h5,10-11,15H,1,6-9,14H2,2-4H3/t10-,11?,13?/m1/s1/i14T. The van der Waals surface area contributed by atoms with Gasteiger partial charge < -0.3 is 18.8 Å². The first kappa shape index (κ1) is 15.4. The molecule has 0 aromatic carbocycles. The molecule has 0 aromatic heterocycles. The van der Waals surface area contributed by atoms with Crippen molar-refractivity contribution in [3.8, 4) is 0 Å². The topological polar surface area (TPSA) is 47.9 Å². The van der Waals surface area contributed by atoms with Gasteiger partial charge in [-0.3, -0.25) is 0 Å². The van der Waals surface area contributed by atoms with Crippen molar-refractivity contribution in [2.24, 2.45) is 5.41 Å². The zero-order chi connectivity index (χ0) is 15.2. The first-order valence-electron chi connectivity index (χ1n) is 7.19. The summed E-state index contributed by atoms with van der Waals surface area (Å²) in [6.07, 6.45) is 3.27.